The van der Waals surface area contributed by atoms with Crippen LogP contribution in [-0.4, -0.2) is 15.0 Å². The Kier molecular flexibility index (Phi) is 2.36. The van der Waals surface area contributed by atoms with E-state index in [9.17, 15) is 0 Å². The van der Waals surface area contributed by atoms with Crippen LogP contribution in [0.2, 0.25) is 0 Å². The van der Waals surface area contributed by atoms with Crippen LogP contribution < -0.4 is 4.74 Å². The van der Waals surface area contributed by atoms with Crippen molar-refractivity contribution in [2.45, 2.75) is 6.92 Å². The molecule has 0 aliphatic carbocycles. The lowest BCUT2D eigenvalue weighted by Crippen LogP contribution is -1.89. The van der Waals surface area contributed by atoms with Gasteiger partial charge in [0.2, 0.25) is 0 Å². The Morgan fingerprint density at radius 1 is 1.07 bits per heavy atom. The Hall–Kier alpha value is -1.97. The van der Waals surface area contributed by atoms with E-state index in [0.29, 0.717) is 11.5 Å². The van der Waals surface area contributed by atoms with E-state index in [2.05, 4.69) is 15.0 Å². The molecular formula is C10H9N3O. The lowest BCUT2D eigenvalue weighted by atomic mass is 10.4. The van der Waals surface area contributed by atoms with Crippen LogP contribution in [0.1, 0.15) is 5.82 Å². The first-order valence-electron chi connectivity index (χ1n) is 4.21. The summed E-state index contributed by atoms with van der Waals surface area (Å²) >= 11 is 0. The average molecular weight is 187 g/mol. The second-order valence-electron chi connectivity index (χ2n) is 2.76. The van der Waals surface area contributed by atoms with Crippen LogP contribution in [0.5, 0.6) is 11.5 Å². The molecule has 0 saturated carbocycles. The van der Waals surface area contributed by atoms with Gasteiger partial charge in [0.1, 0.15) is 11.6 Å². The van der Waals surface area contributed by atoms with Crippen molar-refractivity contribution in [2.24, 2.45) is 0 Å². The lowest BCUT2D eigenvalue weighted by Gasteiger charge is -2.03. The molecule has 0 amide bonds. The minimum atomic E-state index is 0.614. The molecule has 0 aromatic carbocycles. The van der Waals surface area contributed by atoms with E-state index in [-0.39, 0.29) is 0 Å². The first kappa shape index (κ1) is 8.62. The third-order valence-electron chi connectivity index (χ3n) is 1.63. The third-order valence-corrected chi connectivity index (χ3v) is 1.63. The van der Waals surface area contributed by atoms with Gasteiger partial charge in [-0.15, -0.1) is 0 Å². The first-order chi connectivity index (χ1) is 6.84. The molecule has 14 heavy (non-hydrogen) atoms. The Morgan fingerprint density at radius 3 is 2.50 bits per heavy atom. The lowest BCUT2D eigenvalue weighted by molar-refractivity contribution is 0.474. The summed E-state index contributed by atoms with van der Waals surface area (Å²) in [7, 11) is 0. The van der Waals surface area contributed by atoms with E-state index in [1.807, 2.05) is 19.1 Å². The van der Waals surface area contributed by atoms with Crippen LogP contribution in [-0.2, 0) is 0 Å². The Labute approximate surface area is 81.6 Å². The maximum atomic E-state index is 5.45. The summed E-state index contributed by atoms with van der Waals surface area (Å²) in [5.74, 6) is 2.02. The molecule has 0 aliphatic rings. The summed E-state index contributed by atoms with van der Waals surface area (Å²) in [4.78, 5) is 12.0. The van der Waals surface area contributed by atoms with E-state index in [1.54, 1.807) is 24.8 Å². The molecule has 0 saturated heterocycles. The largest absolute Gasteiger partial charge is 0.452 e. The van der Waals surface area contributed by atoms with Crippen LogP contribution >= 0.6 is 0 Å². The molecule has 0 unspecified atom stereocenters. The van der Waals surface area contributed by atoms with Crippen molar-refractivity contribution >= 4 is 0 Å². The van der Waals surface area contributed by atoms with Crippen LogP contribution in [0.25, 0.3) is 0 Å². The number of hydrogen-bond acceptors (Lipinski definition) is 4. The number of aromatic nitrogens is 3. The van der Waals surface area contributed by atoms with Crippen LogP contribution in [0.4, 0.5) is 0 Å². The summed E-state index contributed by atoms with van der Waals surface area (Å²) < 4.78 is 5.45. The molecule has 0 bridgehead atoms. The number of aryl methyl sites for hydroxylation is 1. The van der Waals surface area contributed by atoms with Gasteiger partial charge < -0.3 is 4.74 Å². The molecule has 4 heteroatoms. The average Bonchev–Trinajstić information content (AvgIpc) is 2.23. The molecule has 70 valence electrons. The van der Waals surface area contributed by atoms with Crippen molar-refractivity contribution in [2.75, 3.05) is 0 Å². The highest BCUT2D eigenvalue weighted by molar-refractivity contribution is 5.24. The molecule has 0 atom stereocenters. The van der Waals surface area contributed by atoms with Gasteiger partial charge in [-0.05, 0) is 19.1 Å². The van der Waals surface area contributed by atoms with E-state index in [1.165, 1.54) is 0 Å². The molecule has 0 N–H and O–H groups in total. The van der Waals surface area contributed by atoms with Crippen LogP contribution in [0.3, 0.4) is 0 Å². The first-order valence-corrected chi connectivity index (χ1v) is 4.21. The van der Waals surface area contributed by atoms with E-state index in [0.717, 1.165) is 5.82 Å². The number of hydrogen-bond donors (Lipinski definition) is 0. The molecular weight excluding hydrogens is 178 g/mol. The van der Waals surface area contributed by atoms with Crippen molar-refractivity contribution in [3.05, 3.63) is 42.7 Å². The van der Waals surface area contributed by atoms with Gasteiger partial charge in [0, 0.05) is 6.20 Å². The minimum absolute atomic E-state index is 0.614. The van der Waals surface area contributed by atoms with Gasteiger partial charge in [-0.2, -0.15) is 0 Å². The summed E-state index contributed by atoms with van der Waals surface area (Å²) in [6.07, 6.45) is 6.60. The molecule has 2 rings (SSSR count). The van der Waals surface area contributed by atoms with Gasteiger partial charge in [0.25, 0.3) is 0 Å². The standard InChI is InChI=1S/C10H9N3O/c1-8-12-6-10(7-13-8)14-9-3-2-4-11-5-9/h2-7H,1H3. The number of nitrogens with zero attached hydrogens (tertiary/aromatic N) is 3. The molecule has 0 fully saturated rings. The summed E-state index contributed by atoms with van der Waals surface area (Å²) in [6.45, 7) is 1.83. The molecule has 2 aromatic rings. The van der Waals surface area contributed by atoms with E-state index >= 15 is 0 Å². The van der Waals surface area contributed by atoms with Gasteiger partial charge in [0.15, 0.2) is 5.75 Å². The zero-order chi connectivity index (χ0) is 9.80. The SMILES string of the molecule is Cc1ncc(Oc2cccnc2)cn1. The van der Waals surface area contributed by atoms with Gasteiger partial charge in [-0.3, -0.25) is 4.98 Å². The van der Waals surface area contributed by atoms with Crippen molar-refractivity contribution in [3.63, 3.8) is 0 Å². The summed E-state index contributed by atoms with van der Waals surface area (Å²) in [6, 6.07) is 3.64. The number of pyridine rings is 1. The van der Waals surface area contributed by atoms with Crippen molar-refractivity contribution in [3.8, 4) is 11.5 Å². The maximum absolute atomic E-state index is 5.45. The van der Waals surface area contributed by atoms with Gasteiger partial charge in [-0.1, -0.05) is 0 Å². The molecule has 2 aromatic heterocycles. The quantitative estimate of drug-likeness (QED) is 0.721. The molecule has 2 heterocycles. The minimum Gasteiger partial charge on any atom is -0.452 e. The highest BCUT2D eigenvalue weighted by Gasteiger charge is 1.96. The second kappa shape index (κ2) is 3.83. The van der Waals surface area contributed by atoms with Crippen molar-refractivity contribution in [1.82, 2.24) is 15.0 Å². The molecule has 4 nitrogen and oxygen atoms in total. The predicted octanol–water partition coefficient (Wildman–Crippen LogP) is 1.97. The summed E-state index contributed by atoms with van der Waals surface area (Å²) in [5.41, 5.74) is 0. The predicted molar refractivity (Wildman–Crippen MR) is 51.1 cm³/mol. The van der Waals surface area contributed by atoms with Crippen LogP contribution in [0.15, 0.2) is 36.9 Å². The number of rotatable bonds is 2. The molecule has 0 radical (unpaired) electrons. The molecule has 0 spiro atoms. The topological polar surface area (TPSA) is 47.9 Å². The highest BCUT2D eigenvalue weighted by atomic mass is 16.5. The van der Waals surface area contributed by atoms with Gasteiger partial charge in [0.05, 0.1) is 18.6 Å². The third kappa shape index (κ3) is 2.04. The fourth-order valence-corrected chi connectivity index (χ4v) is 0.977. The highest BCUT2D eigenvalue weighted by Crippen LogP contribution is 2.17. The van der Waals surface area contributed by atoms with Gasteiger partial charge >= 0.3 is 0 Å². The fraction of sp³-hybridized carbons (Fsp3) is 0.100. The monoisotopic (exact) mass is 187 g/mol. The fourth-order valence-electron chi connectivity index (χ4n) is 0.977. The zero-order valence-corrected chi connectivity index (χ0v) is 7.71. The van der Waals surface area contributed by atoms with E-state index < -0.39 is 0 Å². The van der Waals surface area contributed by atoms with Crippen molar-refractivity contribution in [1.29, 1.82) is 0 Å². The number of ether oxygens (including phenoxy) is 1. The second-order valence-corrected chi connectivity index (χ2v) is 2.76. The zero-order valence-electron chi connectivity index (χ0n) is 7.71. The maximum Gasteiger partial charge on any atom is 0.164 e. The Bertz CT molecular complexity index is 399. The molecule has 0 aliphatic heterocycles. The normalized spacial score (nSPS) is 9.79. The van der Waals surface area contributed by atoms with Crippen LogP contribution in [0, 0.1) is 6.92 Å². The Morgan fingerprint density at radius 2 is 1.86 bits per heavy atom. The smallest absolute Gasteiger partial charge is 0.164 e. The Balaban J connectivity index is 2.16. The summed E-state index contributed by atoms with van der Waals surface area (Å²) in [5, 5.41) is 0. The van der Waals surface area contributed by atoms with E-state index in [4.69, 9.17) is 4.74 Å². The van der Waals surface area contributed by atoms with Gasteiger partial charge in [-0.25, -0.2) is 9.97 Å². The van der Waals surface area contributed by atoms with Crippen molar-refractivity contribution < 1.29 is 4.74 Å².